The molecule has 0 unspecified atom stereocenters. The van der Waals surface area contributed by atoms with Gasteiger partial charge in [-0.1, -0.05) is 12.8 Å². The summed E-state index contributed by atoms with van der Waals surface area (Å²) in [6.07, 6.45) is 6.71. The molecule has 1 heterocycles. The molecule has 17 heavy (non-hydrogen) atoms. The van der Waals surface area contributed by atoms with Gasteiger partial charge in [0.05, 0.1) is 12.8 Å². The molecule has 1 fully saturated rings. The zero-order chi connectivity index (χ0) is 11.9. The Kier molecular flexibility index (Phi) is 4.49. The second kappa shape index (κ2) is 6.34. The highest BCUT2D eigenvalue weighted by atomic mass is 16.5. The maximum Gasteiger partial charge on any atom is 0.244 e. The van der Waals surface area contributed by atoms with Crippen molar-refractivity contribution in [2.45, 2.75) is 31.7 Å². The van der Waals surface area contributed by atoms with Crippen molar-refractivity contribution in [3.63, 3.8) is 0 Å². The van der Waals surface area contributed by atoms with Gasteiger partial charge < -0.3 is 15.4 Å². The smallest absolute Gasteiger partial charge is 0.244 e. The Hall–Kier alpha value is -1.43. The third-order valence-corrected chi connectivity index (χ3v) is 2.86. The summed E-state index contributed by atoms with van der Waals surface area (Å²) in [5, 5.41) is 14.3. The molecule has 0 aromatic carbocycles. The first-order valence-electron chi connectivity index (χ1n) is 6.07. The number of hydrogen-bond donors (Lipinski definition) is 2. The van der Waals surface area contributed by atoms with Crippen LogP contribution in [-0.4, -0.2) is 41.5 Å². The molecular formula is C11H19N5O. The summed E-state index contributed by atoms with van der Waals surface area (Å²) >= 11 is 0. The number of aromatic nitrogens is 3. The maximum absolute atomic E-state index is 4.95. The first kappa shape index (κ1) is 12.0. The Balaban J connectivity index is 1.86. The van der Waals surface area contributed by atoms with Crippen LogP contribution in [0.3, 0.4) is 0 Å². The van der Waals surface area contributed by atoms with Gasteiger partial charge in [0.2, 0.25) is 5.95 Å². The van der Waals surface area contributed by atoms with E-state index in [-0.39, 0.29) is 0 Å². The third-order valence-electron chi connectivity index (χ3n) is 2.86. The molecule has 1 aromatic rings. The summed E-state index contributed by atoms with van der Waals surface area (Å²) in [5.41, 5.74) is 0. The monoisotopic (exact) mass is 237 g/mol. The molecule has 1 saturated carbocycles. The van der Waals surface area contributed by atoms with Crippen molar-refractivity contribution in [3.05, 3.63) is 6.20 Å². The highest BCUT2D eigenvalue weighted by molar-refractivity contribution is 5.37. The van der Waals surface area contributed by atoms with Crippen LogP contribution in [0, 0.1) is 0 Å². The van der Waals surface area contributed by atoms with Crippen LogP contribution < -0.4 is 10.6 Å². The van der Waals surface area contributed by atoms with Crippen molar-refractivity contribution in [1.82, 2.24) is 15.2 Å². The molecule has 0 saturated heterocycles. The Labute approximate surface area is 101 Å². The van der Waals surface area contributed by atoms with Crippen LogP contribution in [0.2, 0.25) is 0 Å². The number of methoxy groups -OCH3 is 1. The summed E-state index contributed by atoms with van der Waals surface area (Å²) < 4.78 is 4.95. The minimum absolute atomic E-state index is 0.540. The Morgan fingerprint density at radius 1 is 1.41 bits per heavy atom. The van der Waals surface area contributed by atoms with Gasteiger partial charge in [-0.15, -0.1) is 5.10 Å². The zero-order valence-electron chi connectivity index (χ0n) is 10.1. The summed E-state index contributed by atoms with van der Waals surface area (Å²) in [6, 6.07) is 0.540. The fourth-order valence-electron chi connectivity index (χ4n) is 1.99. The molecule has 1 aromatic heterocycles. The minimum Gasteiger partial charge on any atom is -0.383 e. The van der Waals surface area contributed by atoms with Crippen molar-refractivity contribution in [3.8, 4) is 0 Å². The highest BCUT2D eigenvalue weighted by Crippen LogP contribution is 2.21. The van der Waals surface area contributed by atoms with Gasteiger partial charge in [-0.2, -0.15) is 10.1 Å². The Morgan fingerprint density at radius 3 is 3.00 bits per heavy atom. The van der Waals surface area contributed by atoms with Gasteiger partial charge in [-0.3, -0.25) is 0 Å². The molecular weight excluding hydrogens is 218 g/mol. The van der Waals surface area contributed by atoms with Gasteiger partial charge >= 0.3 is 0 Å². The van der Waals surface area contributed by atoms with Crippen LogP contribution in [0.25, 0.3) is 0 Å². The lowest BCUT2D eigenvalue weighted by atomic mass is 10.2. The lowest BCUT2D eigenvalue weighted by Crippen LogP contribution is -2.17. The number of ether oxygens (including phenoxy) is 1. The number of hydrogen-bond acceptors (Lipinski definition) is 6. The Morgan fingerprint density at radius 2 is 2.24 bits per heavy atom. The number of nitrogens with zero attached hydrogens (tertiary/aromatic N) is 3. The van der Waals surface area contributed by atoms with Crippen molar-refractivity contribution in [2.24, 2.45) is 0 Å². The fourth-order valence-corrected chi connectivity index (χ4v) is 1.99. The Bertz CT molecular complexity index is 340. The van der Waals surface area contributed by atoms with E-state index in [9.17, 15) is 0 Å². The second-order valence-corrected chi connectivity index (χ2v) is 4.21. The standard InChI is InChI=1S/C11H19N5O/c1-17-7-6-12-11-15-10(8-13-16-11)14-9-4-2-3-5-9/h8-9H,2-7H2,1H3,(H2,12,14,15,16). The molecule has 0 bridgehead atoms. The number of rotatable bonds is 6. The van der Waals surface area contributed by atoms with E-state index >= 15 is 0 Å². The summed E-state index contributed by atoms with van der Waals surface area (Å²) in [7, 11) is 1.67. The van der Waals surface area contributed by atoms with E-state index in [0.717, 1.165) is 5.82 Å². The van der Waals surface area contributed by atoms with Crippen molar-refractivity contribution < 1.29 is 4.74 Å². The van der Waals surface area contributed by atoms with Crippen LogP contribution in [0.4, 0.5) is 11.8 Å². The zero-order valence-corrected chi connectivity index (χ0v) is 10.1. The molecule has 0 atom stereocenters. The predicted octanol–water partition coefficient (Wildman–Crippen LogP) is 1.28. The van der Waals surface area contributed by atoms with Gasteiger partial charge in [0, 0.05) is 19.7 Å². The third kappa shape index (κ3) is 3.81. The van der Waals surface area contributed by atoms with Gasteiger partial charge in [0.15, 0.2) is 5.82 Å². The summed E-state index contributed by atoms with van der Waals surface area (Å²) in [4.78, 5) is 4.36. The van der Waals surface area contributed by atoms with Crippen molar-refractivity contribution >= 4 is 11.8 Å². The molecule has 6 heteroatoms. The van der Waals surface area contributed by atoms with E-state index < -0.39 is 0 Å². The lowest BCUT2D eigenvalue weighted by molar-refractivity contribution is 0.210. The molecule has 2 rings (SSSR count). The molecule has 1 aliphatic rings. The topological polar surface area (TPSA) is 72.0 Å². The normalized spacial score (nSPS) is 16.1. The van der Waals surface area contributed by atoms with Gasteiger partial charge in [0.1, 0.15) is 0 Å². The van der Waals surface area contributed by atoms with E-state index in [4.69, 9.17) is 4.74 Å². The van der Waals surface area contributed by atoms with Gasteiger partial charge in [-0.25, -0.2) is 0 Å². The molecule has 0 aliphatic heterocycles. The fraction of sp³-hybridized carbons (Fsp3) is 0.727. The van der Waals surface area contributed by atoms with Crippen molar-refractivity contribution in [2.75, 3.05) is 30.9 Å². The summed E-state index contributed by atoms with van der Waals surface area (Å²) in [6.45, 7) is 1.31. The first-order chi connectivity index (χ1) is 8.38. The van der Waals surface area contributed by atoms with Crippen LogP contribution in [0.1, 0.15) is 25.7 Å². The minimum atomic E-state index is 0.540. The number of anilines is 2. The van der Waals surface area contributed by atoms with Gasteiger partial charge in [-0.05, 0) is 12.8 Å². The lowest BCUT2D eigenvalue weighted by Gasteiger charge is -2.12. The molecule has 0 amide bonds. The molecule has 94 valence electrons. The van der Waals surface area contributed by atoms with Crippen LogP contribution in [-0.2, 0) is 4.74 Å². The quantitative estimate of drug-likeness (QED) is 0.726. The van der Waals surface area contributed by atoms with Crippen molar-refractivity contribution in [1.29, 1.82) is 0 Å². The SMILES string of the molecule is COCCNc1nncc(NC2CCCC2)n1. The van der Waals surface area contributed by atoms with E-state index in [1.165, 1.54) is 25.7 Å². The van der Waals surface area contributed by atoms with E-state index in [1.54, 1.807) is 13.3 Å². The largest absolute Gasteiger partial charge is 0.383 e. The van der Waals surface area contributed by atoms with Crippen LogP contribution in [0.15, 0.2) is 6.20 Å². The molecule has 0 spiro atoms. The maximum atomic E-state index is 4.95. The molecule has 2 N–H and O–H groups in total. The average molecular weight is 237 g/mol. The molecule has 1 aliphatic carbocycles. The second-order valence-electron chi connectivity index (χ2n) is 4.21. The molecule has 6 nitrogen and oxygen atoms in total. The highest BCUT2D eigenvalue weighted by Gasteiger charge is 2.15. The number of nitrogens with one attached hydrogen (secondary N) is 2. The van der Waals surface area contributed by atoms with Crippen LogP contribution in [0.5, 0.6) is 0 Å². The average Bonchev–Trinajstić information content (AvgIpc) is 2.83. The van der Waals surface area contributed by atoms with E-state index in [1.807, 2.05) is 0 Å². The summed E-state index contributed by atoms with van der Waals surface area (Å²) in [5.74, 6) is 1.34. The van der Waals surface area contributed by atoms with E-state index in [0.29, 0.717) is 25.1 Å². The van der Waals surface area contributed by atoms with E-state index in [2.05, 4.69) is 25.8 Å². The predicted molar refractivity (Wildman–Crippen MR) is 66.1 cm³/mol. The first-order valence-corrected chi connectivity index (χ1v) is 6.07. The van der Waals surface area contributed by atoms with Crippen LogP contribution >= 0.6 is 0 Å². The van der Waals surface area contributed by atoms with Gasteiger partial charge in [0.25, 0.3) is 0 Å². The molecule has 0 radical (unpaired) electrons.